The molecule has 6 nitrogen and oxygen atoms in total. The van der Waals surface area contributed by atoms with Gasteiger partial charge in [-0.15, -0.1) is 5.10 Å². The third-order valence-electron chi connectivity index (χ3n) is 5.43. The molecule has 0 radical (unpaired) electrons. The van der Waals surface area contributed by atoms with E-state index in [0.717, 1.165) is 40.8 Å². The van der Waals surface area contributed by atoms with Crippen molar-refractivity contribution in [1.29, 1.82) is 0 Å². The van der Waals surface area contributed by atoms with Crippen LogP contribution in [-0.4, -0.2) is 39.5 Å². The number of fused-ring (bicyclic) bond motifs is 1. The Balaban J connectivity index is 1.71. The molecule has 3 heterocycles. The highest BCUT2D eigenvalue weighted by atomic mass is 19.1. The number of hydrogen-bond donors (Lipinski definition) is 2. The Hall–Kier alpha value is -2.80. The van der Waals surface area contributed by atoms with Crippen molar-refractivity contribution in [2.45, 2.75) is 39.3 Å². The number of β-amino-alcohol motifs (C(OH)–C–C–N with tert-alkyl or cyclic N) is 1. The lowest BCUT2D eigenvalue weighted by Gasteiger charge is -2.20. The van der Waals surface area contributed by atoms with Gasteiger partial charge in [-0.3, -0.25) is 4.98 Å². The van der Waals surface area contributed by atoms with Crippen LogP contribution in [0.15, 0.2) is 30.5 Å². The van der Waals surface area contributed by atoms with E-state index in [4.69, 9.17) is 0 Å². The fraction of sp³-hybridized carbons (Fsp3) is 0.381. The van der Waals surface area contributed by atoms with Gasteiger partial charge in [-0.2, -0.15) is 5.10 Å². The zero-order valence-electron chi connectivity index (χ0n) is 16.3. The van der Waals surface area contributed by atoms with Gasteiger partial charge in [-0.25, -0.2) is 4.39 Å². The molecule has 0 saturated carbocycles. The Morgan fingerprint density at radius 2 is 2.11 bits per heavy atom. The van der Waals surface area contributed by atoms with Gasteiger partial charge in [0.2, 0.25) is 0 Å². The molecule has 1 aliphatic rings. The molecule has 1 fully saturated rings. The molecule has 1 aliphatic heterocycles. The lowest BCUT2D eigenvalue weighted by Crippen LogP contribution is -2.21. The third kappa shape index (κ3) is 3.38. The molecule has 0 bridgehead atoms. The molecular formula is C21H24FN5O. The number of aromatic nitrogens is 3. The maximum Gasteiger partial charge on any atom is 0.158 e. The minimum atomic E-state index is -0.304. The van der Waals surface area contributed by atoms with E-state index in [1.807, 2.05) is 32.2 Å². The molecule has 4 rings (SSSR count). The van der Waals surface area contributed by atoms with E-state index in [2.05, 4.69) is 25.4 Å². The van der Waals surface area contributed by atoms with E-state index in [1.165, 1.54) is 6.07 Å². The van der Waals surface area contributed by atoms with E-state index < -0.39 is 0 Å². The van der Waals surface area contributed by atoms with Crippen molar-refractivity contribution in [3.8, 4) is 0 Å². The Kier molecular flexibility index (Phi) is 4.85. The highest BCUT2D eigenvalue weighted by molar-refractivity contribution is 5.92. The molecule has 1 saturated heterocycles. The van der Waals surface area contributed by atoms with Crippen molar-refractivity contribution in [1.82, 2.24) is 15.2 Å². The molecule has 2 N–H and O–H groups in total. The number of hydrogen-bond acceptors (Lipinski definition) is 6. The van der Waals surface area contributed by atoms with E-state index >= 15 is 0 Å². The fourth-order valence-corrected chi connectivity index (χ4v) is 3.78. The van der Waals surface area contributed by atoms with Crippen LogP contribution in [0.25, 0.3) is 10.9 Å². The molecule has 28 heavy (non-hydrogen) atoms. The first-order valence-corrected chi connectivity index (χ1v) is 9.51. The second-order valence-electron chi connectivity index (χ2n) is 7.43. The molecule has 2 atom stereocenters. The van der Waals surface area contributed by atoms with E-state index in [0.29, 0.717) is 17.9 Å². The number of aliphatic hydroxyl groups excluding tert-OH is 1. The number of aliphatic hydroxyl groups is 1. The quantitative estimate of drug-likeness (QED) is 0.720. The molecule has 0 spiro atoms. The summed E-state index contributed by atoms with van der Waals surface area (Å²) in [4.78, 5) is 6.72. The number of anilines is 2. The number of benzene rings is 1. The predicted molar refractivity (Wildman–Crippen MR) is 108 cm³/mol. The van der Waals surface area contributed by atoms with Crippen molar-refractivity contribution in [3.63, 3.8) is 0 Å². The number of nitrogens with one attached hydrogen (secondary N) is 1. The maximum absolute atomic E-state index is 13.9. The lowest BCUT2D eigenvalue weighted by atomic mass is 10.0. The van der Waals surface area contributed by atoms with Crippen LogP contribution in [0.4, 0.5) is 15.9 Å². The summed E-state index contributed by atoms with van der Waals surface area (Å²) in [7, 11) is 0. The van der Waals surface area contributed by atoms with Crippen molar-refractivity contribution in [3.05, 3.63) is 53.1 Å². The highest BCUT2D eigenvalue weighted by Crippen LogP contribution is 2.30. The van der Waals surface area contributed by atoms with Gasteiger partial charge < -0.3 is 15.3 Å². The standard InChI is InChI=1S/C21H24FN5O/c1-12-17(5-4-6-19(12)22)13(2)24-21-18-9-15(27-8-7-16(28)11-27)10-23-20(18)14(3)25-26-21/h4-6,9-10,13,16,28H,7-8,11H2,1-3H3,(H,24,26)/t13-,16+/m1/s1. The van der Waals surface area contributed by atoms with Crippen molar-refractivity contribution in [2.75, 3.05) is 23.3 Å². The van der Waals surface area contributed by atoms with E-state index in [-0.39, 0.29) is 18.0 Å². The van der Waals surface area contributed by atoms with Gasteiger partial charge >= 0.3 is 0 Å². The zero-order valence-corrected chi connectivity index (χ0v) is 16.3. The van der Waals surface area contributed by atoms with Gasteiger partial charge in [0.1, 0.15) is 5.82 Å². The zero-order chi connectivity index (χ0) is 19.8. The summed E-state index contributed by atoms with van der Waals surface area (Å²) in [5.74, 6) is 0.397. The summed E-state index contributed by atoms with van der Waals surface area (Å²) < 4.78 is 13.9. The normalized spacial score (nSPS) is 17.9. The SMILES string of the molecule is Cc1c(F)cccc1[C@@H](C)Nc1nnc(C)c2ncc(N3CC[C@H](O)C3)cc12. The van der Waals surface area contributed by atoms with Gasteiger partial charge in [0.05, 0.1) is 35.2 Å². The van der Waals surface area contributed by atoms with E-state index in [1.54, 1.807) is 13.0 Å². The largest absolute Gasteiger partial charge is 0.391 e. The maximum atomic E-state index is 13.9. The first-order chi connectivity index (χ1) is 13.4. The Morgan fingerprint density at radius 3 is 2.86 bits per heavy atom. The van der Waals surface area contributed by atoms with Gasteiger partial charge in [0.15, 0.2) is 5.82 Å². The van der Waals surface area contributed by atoms with Crippen LogP contribution in [0.1, 0.15) is 36.2 Å². The summed E-state index contributed by atoms with van der Waals surface area (Å²) in [6, 6.07) is 6.98. The Bertz CT molecular complexity index is 1030. The molecule has 1 aromatic carbocycles. The summed E-state index contributed by atoms with van der Waals surface area (Å²) in [5.41, 5.74) is 3.99. The Morgan fingerprint density at radius 1 is 1.29 bits per heavy atom. The summed E-state index contributed by atoms with van der Waals surface area (Å²) >= 11 is 0. The van der Waals surface area contributed by atoms with Crippen LogP contribution in [0.5, 0.6) is 0 Å². The molecule has 7 heteroatoms. The molecule has 146 valence electrons. The monoisotopic (exact) mass is 381 g/mol. The molecular weight excluding hydrogens is 357 g/mol. The highest BCUT2D eigenvalue weighted by Gasteiger charge is 2.22. The van der Waals surface area contributed by atoms with Gasteiger partial charge in [-0.05, 0) is 50.5 Å². The van der Waals surface area contributed by atoms with Crippen LogP contribution in [0.3, 0.4) is 0 Å². The molecule has 2 aromatic heterocycles. The molecule has 0 amide bonds. The minimum absolute atomic E-state index is 0.145. The predicted octanol–water partition coefficient (Wildman–Crippen LogP) is 3.52. The third-order valence-corrected chi connectivity index (χ3v) is 5.43. The first-order valence-electron chi connectivity index (χ1n) is 9.51. The van der Waals surface area contributed by atoms with Gasteiger partial charge in [0, 0.05) is 18.5 Å². The van der Waals surface area contributed by atoms with Crippen LogP contribution in [-0.2, 0) is 0 Å². The number of nitrogens with zero attached hydrogens (tertiary/aromatic N) is 4. The van der Waals surface area contributed by atoms with Crippen molar-refractivity contribution in [2.24, 2.45) is 0 Å². The van der Waals surface area contributed by atoms with E-state index in [9.17, 15) is 9.50 Å². The number of halogens is 1. The second-order valence-corrected chi connectivity index (χ2v) is 7.43. The average Bonchev–Trinajstić information content (AvgIpc) is 3.12. The van der Waals surface area contributed by atoms with Crippen LogP contribution in [0, 0.1) is 19.7 Å². The van der Waals surface area contributed by atoms with Crippen molar-refractivity contribution >= 4 is 22.4 Å². The van der Waals surface area contributed by atoms with Crippen molar-refractivity contribution < 1.29 is 9.50 Å². The summed E-state index contributed by atoms with van der Waals surface area (Å²) in [6.07, 6.45) is 2.27. The number of rotatable bonds is 4. The second kappa shape index (κ2) is 7.31. The fourth-order valence-electron chi connectivity index (χ4n) is 3.78. The number of pyridine rings is 1. The lowest BCUT2D eigenvalue weighted by molar-refractivity contribution is 0.198. The molecule has 0 unspecified atom stereocenters. The van der Waals surface area contributed by atoms with Gasteiger partial charge in [-0.1, -0.05) is 12.1 Å². The first kappa shape index (κ1) is 18.6. The Labute approximate surface area is 163 Å². The minimum Gasteiger partial charge on any atom is -0.391 e. The van der Waals surface area contributed by atoms with Crippen LogP contribution < -0.4 is 10.2 Å². The topological polar surface area (TPSA) is 74.2 Å². The van der Waals surface area contributed by atoms with Crippen LogP contribution in [0.2, 0.25) is 0 Å². The van der Waals surface area contributed by atoms with Crippen LogP contribution >= 0.6 is 0 Å². The molecule has 3 aromatic rings. The number of aryl methyl sites for hydroxylation is 1. The average molecular weight is 381 g/mol. The summed E-state index contributed by atoms with van der Waals surface area (Å²) in [6.45, 7) is 7.04. The summed E-state index contributed by atoms with van der Waals surface area (Å²) in [5, 5.41) is 22.7. The molecule has 0 aliphatic carbocycles. The smallest absolute Gasteiger partial charge is 0.158 e. The van der Waals surface area contributed by atoms with Gasteiger partial charge in [0.25, 0.3) is 0 Å².